The summed E-state index contributed by atoms with van der Waals surface area (Å²) in [5.74, 6) is 0.0663. The average molecular weight is 418 g/mol. The van der Waals surface area contributed by atoms with Gasteiger partial charge in [0.25, 0.3) is 11.5 Å². The second-order valence-corrected chi connectivity index (χ2v) is 7.97. The average Bonchev–Trinajstić information content (AvgIpc) is 3.08. The van der Waals surface area contributed by atoms with Crippen LogP contribution in [0.15, 0.2) is 34.4 Å². The number of fused-ring (bicyclic) bond motifs is 1. The zero-order chi connectivity index (χ0) is 21.1. The van der Waals surface area contributed by atoms with Gasteiger partial charge in [0.2, 0.25) is 0 Å². The Hall–Kier alpha value is -2.78. The van der Waals surface area contributed by atoms with Crippen molar-refractivity contribution in [3.05, 3.63) is 50.6 Å². The van der Waals surface area contributed by atoms with E-state index in [0.29, 0.717) is 22.2 Å². The van der Waals surface area contributed by atoms with Crippen molar-refractivity contribution < 1.29 is 19.0 Å². The number of benzene rings is 1. The van der Waals surface area contributed by atoms with Crippen LogP contribution in [0.25, 0.3) is 16.5 Å². The molecule has 3 rings (SSSR count). The Morgan fingerprint density at radius 3 is 2.66 bits per heavy atom. The summed E-state index contributed by atoms with van der Waals surface area (Å²) in [4.78, 5) is 26.5. The van der Waals surface area contributed by atoms with E-state index in [9.17, 15) is 19.1 Å². The molecule has 2 heterocycles. The molecule has 0 fully saturated rings. The molecule has 0 spiro atoms. The molecule has 0 aliphatic carbocycles. The molecule has 1 aromatic carbocycles. The van der Waals surface area contributed by atoms with Crippen molar-refractivity contribution in [1.29, 1.82) is 0 Å². The molecular formula is C20H22FN3O4S. The molecule has 3 aromatic rings. The number of hydrogen-bond acceptors (Lipinski definition) is 6. The number of aryl methyl sites for hydroxylation is 1. The van der Waals surface area contributed by atoms with Gasteiger partial charge >= 0.3 is 0 Å². The molecule has 2 N–H and O–H groups in total. The lowest BCUT2D eigenvalue weighted by Crippen LogP contribution is -2.33. The van der Waals surface area contributed by atoms with E-state index in [4.69, 9.17) is 4.74 Å². The van der Waals surface area contributed by atoms with Crippen molar-refractivity contribution in [3.63, 3.8) is 0 Å². The van der Waals surface area contributed by atoms with E-state index in [2.05, 4.69) is 10.4 Å². The number of nitrogens with zero attached hydrogens (tertiary/aromatic N) is 2. The number of nitrogens with one attached hydrogen (secondary N) is 1. The third-order valence-corrected chi connectivity index (χ3v) is 5.08. The van der Waals surface area contributed by atoms with Crippen LogP contribution in [0.5, 0.6) is 5.75 Å². The number of ether oxygens (including phenoxy) is 1. The third kappa shape index (κ3) is 4.46. The lowest BCUT2D eigenvalue weighted by molar-refractivity contribution is 0.0842. The number of carbonyl (C=O) groups excluding carboxylic acids is 1. The SMILES string of the molecule is Cc1scc2c(C(=O)NC(C)C)nn(-c3ccc(OCC(O)C[18F])cc3)c(=O)c12. The second kappa shape index (κ2) is 8.71. The van der Waals surface area contributed by atoms with Crippen LogP contribution in [-0.2, 0) is 0 Å². The molecule has 7 nitrogen and oxygen atoms in total. The summed E-state index contributed by atoms with van der Waals surface area (Å²) in [5, 5.41) is 19.2. The molecule has 0 radical (unpaired) electrons. The summed E-state index contributed by atoms with van der Waals surface area (Å²) in [6.45, 7) is 4.47. The Balaban J connectivity index is 2.03. The Bertz CT molecular complexity index is 1080. The minimum absolute atomic E-state index is 0.0736. The smallest absolute Gasteiger partial charge is 0.280 e. The molecule has 1 unspecified atom stereocenters. The lowest BCUT2D eigenvalue weighted by Gasteiger charge is -2.13. The highest BCUT2D eigenvalue weighted by Crippen LogP contribution is 2.25. The van der Waals surface area contributed by atoms with Gasteiger partial charge in [0.1, 0.15) is 25.1 Å². The first-order valence-electron chi connectivity index (χ1n) is 9.11. The highest BCUT2D eigenvalue weighted by atomic mass is 32.1. The zero-order valence-electron chi connectivity index (χ0n) is 16.3. The number of amides is 1. The zero-order valence-corrected chi connectivity index (χ0v) is 17.1. The summed E-state index contributed by atoms with van der Waals surface area (Å²) in [7, 11) is 0. The molecule has 0 aliphatic rings. The molecule has 1 atom stereocenters. The maximum absolute atomic E-state index is 13.0. The summed E-state index contributed by atoms with van der Waals surface area (Å²) in [6.07, 6.45) is -1.19. The normalized spacial score (nSPS) is 12.3. The topological polar surface area (TPSA) is 93.5 Å². The van der Waals surface area contributed by atoms with Crippen molar-refractivity contribution in [2.45, 2.75) is 32.9 Å². The van der Waals surface area contributed by atoms with Crippen LogP contribution in [0.1, 0.15) is 29.2 Å². The van der Waals surface area contributed by atoms with Gasteiger partial charge in [0, 0.05) is 21.7 Å². The van der Waals surface area contributed by atoms with Gasteiger partial charge in [-0.2, -0.15) is 9.78 Å². The van der Waals surface area contributed by atoms with Gasteiger partial charge in [-0.1, -0.05) is 0 Å². The molecule has 154 valence electrons. The van der Waals surface area contributed by atoms with Gasteiger partial charge in [-0.3, -0.25) is 9.59 Å². The number of carbonyl (C=O) groups is 1. The van der Waals surface area contributed by atoms with Gasteiger partial charge in [0.15, 0.2) is 5.69 Å². The summed E-state index contributed by atoms with van der Waals surface area (Å²) >= 11 is 1.39. The van der Waals surface area contributed by atoms with Crippen molar-refractivity contribution in [1.82, 2.24) is 15.1 Å². The standard InChI is InChI=1S/C20H22FN3O4S/c1-11(2)22-19(26)18-16-10-29-12(3)17(16)20(27)24(23-18)13-4-6-15(7-5-13)28-9-14(25)8-21/h4-7,10-11,14,25H,8-9H2,1-3H3,(H,22,26)/i21-1. The maximum atomic E-state index is 13.0. The number of aromatic nitrogens is 2. The predicted octanol–water partition coefficient (Wildman–Crippen LogP) is 2.60. The fourth-order valence-electron chi connectivity index (χ4n) is 2.79. The van der Waals surface area contributed by atoms with E-state index in [-0.39, 0.29) is 29.8 Å². The molecular weight excluding hydrogens is 396 g/mol. The number of aliphatic hydroxyl groups is 1. The minimum atomic E-state index is -1.19. The lowest BCUT2D eigenvalue weighted by atomic mass is 10.2. The molecule has 0 bridgehead atoms. The van der Waals surface area contributed by atoms with Gasteiger partial charge in [-0.05, 0) is 45.0 Å². The Kier molecular flexibility index (Phi) is 6.29. The number of aliphatic hydroxyl groups excluding tert-OH is 1. The molecule has 0 saturated heterocycles. The van der Waals surface area contributed by atoms with E-state index in [1.165, 1.54) is 16.0 Å². The number of thiophene rings is 1. The van der Waals surface area contributed by atoms with Crippen molar-refractivity contribution in [3.8, 4) is 11.4 Å². The Morgan fingerprint density at radius 2 is 2.03 bits per heavy atom. The predicted molar refractivity (Wildman–Crippen MR) is 110 cm³/mol. The first-order valence-corrected chi connectivity index (χ1v) is 9.99. The highest BCUT2D eigenvalue weighted by Gasteiger charge is 2.20. The minimum Gasteiger partial charge on any atom is -0.491 e. The fourth-order valence-corrected chi connectivity index (χ4v) is 3.63. The number of hydrogen-bond donors (Lipinski definition) is 2. The number of alkyl halides is 1. The molecule has 0 saturated carbocycles. The monoisotopic (exact) mass is 418 g/mol. The van der Waals surface area contributed by atoms with Crippen LogP contribution in [0.2, 0.25) is 0 Å². The van der Waals surface area contributed by atoms with Gasteiger partial charge in [-0.15, -0.1) is 11.3 Å². The third-order valence-electron chi connectivity index (χ3n) is 4.17. The number of rotatable bonds is 7. The van der Waals surface area contributed by atoms with Gasteiger partial charge in [-0.25, -0.2) is 4.39 Å². The summed E-state index contributed by atoms with van der Waals surface area (Å²) in [5.41, 5.74) is 0.324. The van der Waals surface area contributed by atoms with E-state index in [0.717, 1.165) is 4.88 Å². The van der Waals surface area contributed by atoms with E-state index in [1.54, 1.807) is 29.6 Å². The molecule has 2 aromatic heterocycles. The highest BCUT2D eigenvalue weighted by molar-refractivity contribution is 7.11. The maximum Gasteiger partial charge on any atom is 0.280 e. The largest absolute Gasteiger partial charge is 0.491 e. The van der Waals surface area contributed by atoms with Crippen molar-refractivity contribution in [2.24, 2.45) is 0 Å². The molecule has 9 heteroatoms. The van der Waals surface area contributed by atoms with Crippen LogP contribution in [0.3, 0.4) is 0 Å². The van der Waals surface area contributed by atoms with Gasteiger partial charge < -0.3 is 15.2 Å². The summed E-state index contributed by atoms with van der Waals surface area (Å²) < 4.78 is 18.8. The van der Waals surface area contributed by atoms with E-state index < -0.39 is 12.8 Å². The van der Waals surface area contributed by atoms with Gasteiger partial charge in [0.05, 0.1) is 11.1 Å². The van der Waals surface area contributed by atoms with E-state index in [1.807, 2.05) is 20.8 Å². The molecule has 29 heavy (non-hydrogen) atoms. The second-order valence-electron chi connectivity index (χ2n) is 6.89. The van der Waals surface area contributed by atoms with Crippen LogP contribution in [0.4, 0.5) is 4.39 Å². The summed E-state index contributed by atoms with van der Waals surface area (Å²) in [6, 6.07) is 6.34. The van der Waals surface area contributed by atoms with Crippen LogP contribution in [-0.4, -0.2) is 46.2 Å². The molecule has 0 aliphatic heterocycles. The van der Waals surface area contributed by atoms with Crippen molar-refractivity contribution >= 4 is 28.0 Å². The van der Waals surface area contributed by atoms with Crippen LogP contribution in [0, 0.1) is 6.92 Å². The van der Waals surface area contributed by atoms with E-state index >= 15 is 0 Å². The Morgan fingerprint density at radius 1 is 1.34 bits per heavy atom. The first-order chi connectivity index (χ1) is 13.8. The Labute approximate surface area is 170 Å². The molecule has 1 amide bonds. The quantitative estimate of drug-likeness (QED) is 0.615. The van der Waals surface area contributed by atoms with Crippen LogP contribution < -0.4 is 15.6 Å². The first kappa shape index (κ1) is 20.9. The number of halogens is 1. The van der Waals surface area contributed by atoms with Crippen LogP contribution >= 0.6 is 11.3 Å². The fraction of sp³-hybridized carbons (Fsp3) is 0.350. The van der Waals surface area contributed by atoms with Crippen molar-refractivity contribution in [2.75, 3.05) is 13.3 Å².